The van der Waals surface area contributed by atoms with Gasteiger partial charge in [0.1, 0.15) is 0 Å². The summed E-state index contributed by atoms with van der Waals surface area (Å²) >= 11 is 0. The van der Waals surface area contributed by atoms with Crippen LogP contribution in [0.2, 0.25) is 0 Å². The molecule has 1 saturated heterocycles. The van der Waals surface area contributed by atoms with Crippen molar-refractivity contribution >= 4 is 22.6 Å². The fourth-order valence-corrected chi connectivity index (χ4v) is 4.35. The van der Waals surface area contributed by atoms with E-state index in [2.05, 4.69) is 18.7 Å². The zero-order valence-electron chi connectivity index (χ0n) is 18.3. The molecule has 8 nitrogen and oxygen atoms in total. The summed E-state index contributed by atoms with van der Waals surface area (Å²) in [6, 6.07) is 12.1. The summed E-state index contributed by atoms with van der Waals surface area (Å²) in [5.74, 6) is 0.162. The number of hydrogen-bond acceptors (Lipinski definition) is 6. The van der Waals surface area contributed by atoms with Crippen molar-refractivity contribution in [2.75, 3.05) is 13.1 Å². The number of likely N-dealkylation sites (tertiary alicyclic amines) is 1. The Morgan fingerprint density at radius 2 is 1.84 bits per heavy atom. The van der Waals surface area contributed by atoms with Crippen molar-refractivity contribution in [3.05, 3.63) is 74.3 Å². The number of nitro groups is 1. The highest BCUT2D eigenvalue weighted by atomic mass is 16.6. The molecule has 0 radical (unpaired) electrons. The van der Waals surface area contributed by atoms with Gasteiger partial charge in [-0.2, -0.15) is 0 Å². The van der Waals surface area contributed by atoms with Crippen LogP contribution in [0, 0.1) is 22.0 Å². The molecule has 0 aliphatic carbocycles. The van der Waals surface area contributed by atoms with Crippen LogP contribution in [-0.2, 0) is 13.1 Å². The maximum absolute atomic E-state index is 12.9. The molecule has 0 saturated carbocycles. The minimum absolute atomic E-state index is 0.0406. The zero-order valence-corrected chi connectivity index (χ0v) is 18.3. The molecule has 3 aromatic rings. The van der Waals surface area contributed by atoms with Crippen LogP contribution in [0.3, 0.4) is 0 Å². The molecule has 0 atom stereocenters. The molecule has 0 N–H and O–H groups in total. The summed E-state index contributed by atoms with van der Waals surface area (Å²) in [4.78, 5) is 37.9. The van der Waals surface area contributed by atoms with Crippen LogP contribution in [-0.4, -0.2) is 33.3 Å². The second-order valence-electron chi connectivity index (χ2n) is 8.90. The number of aromatic nitrogens is 1. The van der Waals surface area contributed by atoms with Crippen molar-refractivity contribution in [2.45, 2.75) is 39.8 Å². The lowest BCUT2D eigenvalue weighted by Gasteiger charge is -2.31. The largest absolute Gasteiger partial charge is 0.421 e. The third kappa shape index (κ3) is 4.65. The van der Waals surface area contributed by atoms with E-state index in [1.54, 1.807) is 0 Å². The van der Waals surface area contributed by atoms with E-state index in [0.29, 0.717) is 42.9 Å². The van der Waals surface area contributed by atoms with Crippen molar-refractivity contribution in [1.29, 1.82) is 0 Å². The van der Waals surface area contributed by atoms with E-state index in [9.17, 15) is 19.7 Å². The smallest absolute Gasteiger partial charge is 0.408 e. The molecule has 1 aliphatic heterocycles. The first kappa shape index (κ1) is 22.0. The van der Waals surface area contributed by atoms with Gasteiger partial charge in [0, 0.05) is 36.7 Å². The van der Waals surface area contributed by atoms with Crippen LogP contribution < -0.4 is 5.76 Å². The van der Waals surface area contributed by atoms with Crippen LogP contribution in [0.5, 0.6) is 0 Å². The quantitative estimate of drug-likeness (QED) is 0.311. The number of oxazole rings is 1. The summed E-state index contributed by atoms with van der Waals surface area (Å²) in [6.45, 7) is 5.95. The first-order chi connectivity index (χ1) is 15.3. The molecule has 168 valence electrons. The Labute approximate surface area is 185 Å². The summed E-state index contributed by atoms with van der Waals surface area (Å²) in [5, 5.41) is 11.1. The number of ketones is 1. The highest BCUT2D eigenvalue weighted by molar-refractivity contribution is 5.97. The average molecular weight is 437 g/mol. The molecule has 0 amide bonds. The first-order valence-corrected chi connectivity index (χ1v) is 10.9. The number of hydrogen-bond donors (Lipinski definition) is 0. The number of rotatable bonds is 7. The Kier molecular flexibility index (Phi) is 6.23. The SMILES string of the molecule is CC(C)Cc1ccc(C(=O)C2CCN(Cn3c(=O)oc4ccc([N+](=O)[O-])cc43)CC2)cc1. The molecular weight excluding hydrogens is 410 g/mol. The van der Waals surface area contributed by atoms with Gasteiger partial charge in [0.05, 0.1) is 17.1 Å². The average Bonchev–Trinajstić information content (AvgIpc) is 3.08. The Hall–Kier alpha value is -3.26. The van der Waals surface area contributed by atoms with E-state index in [4.69, 9.17) is 4.42 Å². The van der Waals surface area contributed by atoms with Gasteiger partial charge in [-0.15, -0.1) is 0 Å². The van der Waals surface area contributed by atoms with Gasteiger partial charge in [-0.25, -0.2) is 4.79 Å². The van der Waals surface area contributed by atoms with Crippen LogP contribution in [0.1, 0.15) is 42.6 Å². The standard InChI is InChI=1S/C24H27N3O5/c1-16(2)13-17-3-5-18(6-4-17)23(28)19-9-11-25(12-10-19)15-26-21-14-20(27(30)31)7-8-22(21)32-24(26)29/h3-8,14,16,19H,9-13,15H2,1-2H3. The molecule has 1 fully saturated rings. The fourth-order valence-electron chi connectivity index (χ4n) is 4.35. The maximum atomic E-state index is 12.9. The van der Waals surface area contributed by atoms with E-state index in [-0.39, 0.29) is 24.1 Å². The molecular formula is C24H27N3O5. The van der Waals surface area contributed by atoms with Crippen LogP contribution >= 0.6 is 0 Å². The van der Waals surface area contributed by atoms with E-state index in [0.717, 1.165) is 12.0 Å². The Morgan fingerprint density at radius 3 is 2.47 bits per heavy atom. The lowest BCUT2D eigenvalue weighted by molar-refractivity contribution is -0.384. The number of nitrogens with zero attached hydrogens (tertiary/aromatic N) is 3. The monoisotopic (exact) mass is 437 g/mol. The van der Waals surface area contributed by atoms with Crippen LogP contribution in [0.15, 0.2) is 51.7 Å². The predicted molar refractivity (Wildman–Crippen MR) is 121 cm³/mol. The van der Waals surface area contributed by atoms with Gasteiger partial charge in [0.2, 0.25) is 0 Å². The zero-order chi connectivity index (χ0) is 22.8. The van der Waals surface area contributed by atoms with Crippen LogP contribution in [0.4, 0.5) is 5.69 Å². The lowest BCUT2D eigenvalue weighted by Crippen LogP contribution is -2.39. The second kappa shape index (κ2) is 9.08. The Morgan fingerprint density at radius 1 is 1.16 bits per heavy atom. The van der Waals surface area contributed by atoms with Crippen molar-refractivity contribution in [2.24, 2.45) is 11.8 Å². The topological polar surface area (TPSA) is 98.6 Å². The number of non-ortho nitro benzene ring substituents is 1. The van der Waals surface area contributed by atoms with Crippen LogP contribution in [0.25, 0.3) is 11.1 Å². The molecule has 32 heavy (non-hydrogen) atoms. The predicted octanol–water partition coefficient (Wildman–Crippen LogP) is 4.25. The van der Waals surface area contributed by atoms with Crippen molar-refractivity contribution in [1.82, 2.24) is 9.47 Å². The van der Waals surface area contributed by atoms with Gasteiger partial charge < -0.3 is 4.42 Å². The minimum Gasteiger partial charge on any atom is -0.408 e. The number of carbonyl (C=O) groups is 1. The van der Waals surface area contributed by atoms with Crippen molar-refractivity contribution in [3.8, 4) is 0 Å². The number of piperidine rings is 1. The normalized spacial score (nSPS) is 15.5. The third-order valence-corrected chi connectivity index (χ3v) is 6.04. The Balaban J connectivity index is 1.40. The molecule has 8 heteroatoms. The third-order valence-electron chi connectivity index (χ3n) is 6.04. The van der Waals surface area contributed by atoms with Gasteiger partial charge >= 0.3 is 5.76 Å². The summed E-state index contributed by atoms with van der Waals surface area (Å²) in [6.07, 6.45) is 2.41. The van der Waals surface area contributed by atoms with Gasteiger partial charge in [-0.05, 0) is 36.8 Å². The summed E-state index contributed by atoms with van der Waals surface area (Å²) in [5.41, 5.74) is 2.64. The molecule has 2 heterocycles. The number of benzene rings is 2. The van der Waals surface area contributed by atoms with Gasteiger partial charge in [-0.1, -0.05) is 38.1 Å². The van der Waals surface area contributed by atoms with E-state index >= 15 is 0 Å². The second-order valence-corrected chi connectivity index (χ2v) is 8.90. The first-order valence-electron chi connectivity index (χ1n) is 10.9. The van der Waals surface area contributed by atoms with Gasteiger partial charge in [0.25, 0.3) is 5.69 Å². The molecule has 0 unspecified atom stereocenters. The van der Waals surface area contributed by atoms with E-state index in [1.807, 2.05) is 24.3 Å². The maximum Gasteiger partial charge on any atom is 0.421 e. The number of Topliss-reactive ketones (excluding diaryl/α,β-unsaturated/α-hetero) is 1. The Bertz CT molecular complexity index is 1180. The number of fused-ring (bicyclic) bond motifs is 1. The molecule has 2 aromatic carbocycles. The fraction of sp³-hybridized carbons (Fsp3) is 0.417. The molecule has 4 rings (SSSR count). The summed E-state index contributed by atoms with van der Waals surface area (Å²) < 4.78 is 6.64. The van der Waals surface area contributed by atoms with Gasteiger partial charge in [0.15, 0.2) is 11.4 Å². The highest BCUT2D eigenvalue weighted by Gasteiger charge is 2.27. The highest BCUT2D eigenvalue weighted by Crippen LogP contribution is 2.24. The van der Waals surface area contributed by atoms with Crippen molar-refractivity contribution < 1.29 is 14.1 Å². The summed E-state index contributed by atoms with van der Waals surface area (Å²) in [7, 11) is 0. The number of carbonyl (C=O) groups excluding carboxylic acids is 1. The minimum atomic E-state index is -0.541. The van der Waals surface area contributed by atoms with E-state index in [1.165, 1.54) is 28.3 Å². The molecule has 0 spiro atoms. The molecule has 1 aliphatic rings. The van der Waals surface area contributed by atoms with Gasteiger partial charge in [-0.3, -0.25) is 24.4 Å². The van der Waals surface area contributed by atoms with E-state index < -0.39 is 10.7 Å². The number of nitro benzene ring substituents is 1. The molecule has 1 aromatic heterocycles. The van der Waals surface area contributed by atoms with Crippen molar-refractivity contribution in [3.63, 3.8) is 0 Å². The lowest BCUT2D eigenvalue weighted by atomic mass is 9.88. The molecule has 0 bridgehead atoms.